The van der Waals surface area contributed by atoms with Gasteiger partial charge in [0.1, 0.15) is 0 Å². The van der Waals surface area contributed by atoms with Crippen molar-refractivity contribution in [1.82, 2.24) is 15.2 Å². The highest BCUT2D eigenvalue weighted by Crippen LogP contribution is 2.33. The van der Waals surface area contributed by atoms with Gasteiger partial charge in [-0.3, -0.25) is 4.79 Å². The summed E-state index contributed by atoms with van der Waals surface area (Å²) in [6, 6.07) is 27.3. The summed E-state index contributed by atoms with van der Waals surface area (Å²) in [4.78, 5) is 18.2. The van der Waals surface area contributed by atoms with Gasteiger partial charge in [-0.2, -0.15) is 0 Å². The van der Waals surface area contributed by atoms with E-state index in [-0.39, 0.29) is 5.91 Å². The quantitative estimate of drug-likeness (QED) is 0.185. The zero-order chi connectivity index (χ0) is 25.3. The van der Waals surface area contributed by atoms with Crippen molar-refractivity contribution in [1.29, 1.82) is 0 Å². The zero-order valence-corrected chi connectivity index (χ0v) is 21.5. The lowest BCUT2D eigenvalue weighted by Gasteiger charge is -2.32. The average molecular weight is 492 g/mol. The lowest BCUT2D eigenvalue weighted by atomic mass is 9.89. The summed E-state index contributed by atoms with van der Waals surface area (Å²) in [5, 5.41) is 4.41. The lowest BCUT2D eigenvalue weighted by molar-refractivity contribution is -0.116. The van der Waals surface area contributed by atoms with E-state index in [9.17, 15) is 4.79 Å². The van der Waals surface area contributed by atoms with Crippen LogP contribution in [0.4, 0.5) is 0 Å². The first-order valence-electron chi connectivity index (χ1n) is 13.7. The molecule has 0 bridgehead atoms. The number of likely N-dealkylation sites (tertiary alicyclic amines) is 1. The number of nitrogens with zero attached hydrogens (tertiary/aromatic N) is 1. The highest BCUT2D eigenvalue weighted by atomic mass is 16.1. The van der Waals surface area contributed by atoms with E-state index in [2.05, 4.69) is 82.1 Å². The second-order valence-electron chi connectivity index (χ2n) is 10.1. The Hall–Kier alpha value is -3.63. The van der Waals surface area contributed by atoms with Crippen LogP contribution in [0.15, 0.2) is 91.1 Å². The Bertz CT molecular complexity index is 1300. The van der Waals surface area contributed by atoms with Gasteiger partial charge < -0.3 is 15.2 Å². The second-order valence-corrected chi connectivity index (χ2v) is 10.1. The van der Waals surface area contributed by atoms with Crippen LogP contribution in [0.3, 0.4) is 0 Å². The number of fused-ring (bicyclic) bond motifs is 1. The van der Waals surface area contributed by atoms with Crippen LogP contribution < -0.4 is 5.32 Å². The number of para-hydroxylation sites is 1. The average Bonchev–Trinajstić information content (AvgIpc) is 3.39. The van der Waals surface area contributed by atoms with Gasteiger partial charge in [-0.05, 0) is 85.6 Å². The van der Waals surface area contributed by atoms with Gasteiger partial charge in [0, 0.05) is 29.7 Å². The van der Waals surface area contributed by atoms with Crippen LogP contribution in [0.1, 0.15) is 49.1 Å². The van der Waals surface area contributed by atoms with Gasteiger partial charge in [-0.25, -0.2) is 0 Å². The number of benzene rings is 3. The number of carbonyl (C=O) groups excluding carboxylic acids is 1. The number of aromatic nitrogens is 1. The Morgan fingerprint density at radius 2 is 1.59 bits per heavy atom. The van der Waals surface area contributed by atoms with Crippen LogP contribution in [0.25, 0.3) is 28.1 Å². The monoisotopic (exact) mass is 491 g/mol. The summed E-state index contributed by atoms with van der Waals surface area (Å²) in [5.41, 5.74) is 6.15. The standard InChI is InChI=1S/C33H37N3O/c37-33(18-15-26-13-16-28(17-14-26)27-9-3-1-4-10-27)34-21-7-2-8-22-36-23-19-29(20-24-36)31-25-35-32-12-6-5-11-30(31)32/h1,3-6,9-18,25,29,35H,2,7-8,19-24H2,(H,34,37)/b18-15+. The Labute approximate surface area is 220 Å². The third kappa shape index (κ3) is 6.78. The number of nitrogens with one attached hydrogen (secondary N) is 2. The Kier molecular flexibility index (Phi) is 8.50. The highest BCUT2D eigenvalue weighted by Gasteiger charge is 2.22. The van der Waals surface area contributed by atoms with Gasteiger partial charge in [0.25, 0.3) is 0 Å². The summed E-state index contributed by atoms with van der Waals surface area (Å²) in [7, 11) is 0. The molecule has 1 fully saturated rings. The van der Waals surface area contributed by atoms with E-state index in [4.69, 9.17) is 0 Å². The molecule has 0 radical (unpaired) electrons. The van der Waals surface area contributed by atoms with Crippen LogP contribution in [0, 0.1) is 0 Å². The molecule has 1 saturated heterocycles. The third-order valence-corrected chi connectivity index (χ3v) is 7.54. The molecule has 1 aliphatic heterocycles. The smallest absolute Gasteiger partial charge is 0.243 e. The molecule has 0 spiro atoms. The number of aromatic amines is 1. The van der Waals surface area contributed by atoms with Gasteiger partial charge >= 0.3 is 0 Å². The van der Waals surface area contributed by atoms with E-state index in [1.54, 1.807) is 6.08 Å². The van der Waals surface area contributed by atoms with Crippen molar-refractivity contribution in [2.45, 2.75) is 38.0 Å². The van der Waals surface area contributed by atoms with Crippen LogP contribution in [-0.4, -0.2) is 42.0 Å². The van der Waals surface area contributed by atoms with Gasteiger partial charge in [-0.15, -0.1) is 0 Å². The third-order valence-electron chi connectivity index (χ3n) is 7.54. The number of amides is 1. The van der Waals surface area contributed by atoms with Gasteiger partial charge in [0.2, 0.25) is 5.91 Å². The largest absolute Gasteiger partial charge is 0.361 e. The van der Waals surface area contributed by atoms with Crippen LogP contribution in [0.2, 0.25) is 0 Å². The predicted octanol–water partition coefficient (Wildman–Crippen LogP) is 7.01. The molecule has 1 amide bonds. The molecule has 4 heteroatoms. The summed E-state index contributed by atoms with van der Waals surface area (Å²) in [5.74, 6) is 0.643. The van der Waals surface area contributed by atoms with Crippen molar-refractivity contribution in [3.8, 4) is 11.1 Å². The molecule has 4 nitrogen and oxygen atoms in total. The zero-order valence-electron chi connectivity index (χ0n) is 21.5. The minimum Gasteiger partial charge on any atom is -0.361 e. The maximum atomic E-state index is 12.2. The summed E-state index contributed by atoms with van der Waals surface area (Å²) >= 11 is 0. The molecular formula is C33H37N3O. The summed E-state index contributed by atoms with van der Waals surface area (Å²) in [6.07, 6.45) is 11.6. The molecule has 0 aliphatic carbocycles. The van der Waals surface area contributed by atoms with E-state index < -0.39 is 0 Å². The fraction of sp³-hybridized carbons (Fsp3) is 0.303. The molecule has 190 valence electrons. The summed E-state index contributed by atoms with van der Waals surface area (Å²) < 4.78 is 0. The van der Waals surface area contributed by atoms with Crippen LogP contribution in [0.5, 0.6) is 0 Å². The topological polar surface area (TPSA) is 48.1 Å². The number of unbranched alkanes of at least 4 members (excludes halogenated alkanes) is 2. The fourth-order valence-electron chi connectivity index (χ4n) is 5.40. The van der Waals surface area contributed by atoms with E-state index >= 15 is 0 Å². The molecule has 1 aliphatic rings. The van der Waals surface area contributed by atoms with Crippen LogP contribution >= 0.6 is 0 Å². The second kappa shape index (κ2) is 12.6. The number of rotatable bonds is 10. The first-order chi connectivity index (χ1) is 18.3. The van der Waals surface area contributed by atoms with E-state index in [0.717, 1.165) is 31.5 Å². The Balaban J connectivity index is 0.949. The van der Waals surface area contributed by atoms with E-state index in [0.29, 0.717) is 5.92 Å². The Morgan fingerprint density at radius 1 is 0.865 bits per heavy atom. The predicted molar refractivity (Wildman–Crippen MR) is 154 cm³/mol. The molecule has 0 atom stereocenters. The maximum Gasteiger partial charge on any atom is 0.243 e. The van der Waals surface area contributed by atoms with Crippen molar-refractivity contribution in [2.75, 3.05) is 26.2 Å². The fourth-order valence-corrected chi connectivity index (χ4v) is 5.40. The number of hydrogen-bond donors (Lipinski definition) is 2. The van der Waals surface area contributed by atoms with Crippen LogP contribution in [-0.2, 0) is 4.79 Å². The molecule has 3 aromatic carbocycles. The summed E-state index contributed by atoms with van der Waals surface area (Å²) in [6.45, 7) is 4.25. The maximum absolute atomic E-state index is 12.2. The van der Waals surface area contributed by atoms with Gasteiger partial charge in [0.15, 0.2) is 0 Å². The number of piperidine rings is 1. The van der Waals surface area contributed by atoms with Gasteiger partial charge in [0.05, 0.1) is 0 Å². The van der Waals surface area contributed by atoms with Crippen molar-refractivity contribution < 1.29 is 4.79 Å². The molecule has 5 rings (SSSR count). The molecule has 0 saturated carbocycles. The van der Waals surface area contributed by atoms with Crippen molar-refractivity contribution in [3.63, 3.8) is 0 Å². The molecule has 2 heterocycles. The minimum absolute atomic E-state index is 0.0218. The Morgan fingerprint density at radius 3 is 2.41 bits per heavy atom. The molecule has 0 unspecified atom stereocenters. The van der Waals surface area contributed by atoms with E-state index in [1.807, 2.05) is 24.3 Å². The highest BCUT2D eigenvalue weighted by molar-refractivity contribution is 5.91. The van der Waals surface area contributed by atoms with E-state index in [1.165, 1.54) is 59.9 Å². The van der Waals surface area contributed by atoms with Crippen molar-refractivity contribution in [3.05, 3.63) is 102 Å². The van der Waals surface area contributed by atoms with Gasteiger partial charge in [-0.1, -0.05) is 79.2 Å². The minimum atomic E-state index is -0.0218. The van der Waals surface area contributed by atoms with Crippen molar-refractivity contribution >= 4 is 22.9 Å². The number of hydrogen-bond acceptors (Lipinski definition) is 2. The molecule has 4 aromatic rings. The first kappa shape index (κ1) is 25.0. The molecule has 37 heavy (non-hydrogen) atoms. The lowest BCUT2D eigenvalue weighted by Crippen LogP contribution is -2.33. The SMILES string of the molecule is O=C(/C=C/c1ccc(-c2ccccc2)cc1)NCCCCCN1CCC(c2c[nH]c3ccccc23)CC1. The first-order valence-corrected chi connectivity index (χ1v) is 13.7. The molecule has 1 aromatic heterocycles. The van der Waals surface area contributed by atoms with Crippen molar-refractivity contribution in [2.24, 2.45) is 0 Å². The molecule has 2 N–H and O–H groups in total. The number of H-pyrrole nitrogens is 1. The normalized spacial score (nSPS) is 14.9. The number of carbonyl (C=O) groups is 1. The molecular weight excluding hydrogens is 454 g/mol.